The molecule has 0 spiro atoms. The van der Waals surface area contributed by atoms with Gasteiger partial charge in [0.2, 0.25) is 0 Å². The Hall–Kier alpha value is 0.907. The molecule has 126 valence electrons. The third-order valence-corrected chi connectivity index (χ3v) is 7.76. The van der Waals surface area contributed by atoms with Crippen LogP contribution in [-0.2, 0) is 0 Å². The predicted molar refractivity (Wildman–Crippen MR) is 108 cm³/mol. The molecule has 1 aliphatic carbocycles. The number of halogens is 1. The Bertz CT molecular complexity index is 246. The summed E-state index contributed by atoms with van der Waals surface area (Å²) in [4.78, 5) is 0. The summed E-state index contributed by atoms with van der Waals surface area (Å²) in [5, 5.41) is 0. The van der Waals surface area contributed by atoms with Crippen LogP contribution in [0.2, 0.25) is 25.7 Å². The Morgan fingerprint density at radius 1 is 0.952 bits per heavy atom. The van der Waals surface area contributed by atoms with Crippen LogP contribution in [0, 0.1) is 5.92 Å². The van der Waals surface area contributed by atoms with Gasteiger partial charge in [-0.15, -0.1) is 0 Å². The molecule has 0 bridgehead atoms. The van der Waals surface area contributed by atoms with Crippen LogP contribution in [0.4, 0.5) is 0 Å². The molecule has 0 aliphatic heterocycles. The Morgan fingerprint density at radius 2 is 1.57 bits per heavy atom. The van der Waals surface area contributed by atoms with E-state index in [4.69, 9.17) is 0 Å². The zero-order valence-corrected chi connectivity index (χ0v) is 17.9. The van der Waals surface area contributed by atoms with Gasteiger partial charge in [-0.2, -0.15) is 0 Å². The third kappa shape index (κ3) is 11.1. The second-order valence-corrected chi connectivity index (χ2v) is 14.6. The highest BCUT2D eigenvalue weighted by Crippen LogP contribution is 2.28. The largest absolute Gasteiger partial charge is 0.258 e. The first-order valence-electron chi connectivity index (χ1n) is 9.37. The highest BCUT2D eigenvalue weighted by atomic mass is 127. The first kappa shape index (κ1) is 20.0. The van der Waals surface area contributed by atoms with Crippen LogP contribution in [0.5, 0.6) is 0 Å². The zero-order valence-electron chi connectivity index (χ0n) is 14.7. The number of nitrogens with one attached hydrogen (secondary N) is 1. The van der Waals surface area contributed by atoms with Crippen molar-refractivity contribution < 1.29 is 0 Å². The van der Waals surface area contributed by atoms with Crippen molar-refractivity contribution in [2.45, 2.75) is 109 Å². The quantitative estimate of drug-likeness (QED) is 0.164. The maximum Gasteiger partial charge on any atom is 0.0442 e. The monoisotopic (exact) mass is 423 g/mol. The van der Waals surface area contributed by atoms with Crippen molar-refractivity contribution in [1.82, 2.24) is 3.53 Å². The minimum Gasteiger partial charge on any atom is -0.258 e. The fourth-order valence-corrected chi connectivity index (χ4v) is 5.53. The summed E-state index contributed by atoms with van der Waals surface area (Å²) >= 11 is 2.37. The van der Waals surface area contributed by atoms with Crippen molar-refractivity contribution in [1.29, 1.82) is 0 Å². The van der Waals surface area contributed by atoms with Crippen molar-refractivity contribution in [2.75, 3.05) is 0 Å². The van der Waals surface area contributed by atoms with E-state index in [-0.39, 0.29) is 0 Å². The molecule has 3 heteroatoms. The van der Waals surface area contributed by atoms with E-state index in [0.29, 0.717) is 0 Å². The van der Waals surface area contributed by atoms with Crippen LogP contribution in [-0.4, -0.2) is 14.1 Å². The smallest absolute Gasteiger partial charge is 0.0442 e. The van der Waals surface area contributed by atoms with Gasteiger partial charge in [0.1, 0.15) is 0 Å². The van der Waals surface area contributed by atoms with Crippen molar-refractivity contribution >= 4 is 30.9 Å². The lowest BCUT2D eigenvalue weighted by Gasteiger charge is -2.22. The average Bonchev–Trinajstić information content (AvgIpc) is 2.45. The van der Waals surface area contributed by atoms with E-state index in [0.717, 1.165) is 12.0 Å². The summed E-state index contributed by atoms with van der Waals surface area (Å²) in [6, 6.07) is 2.27. The standard InChI is InChI=1S/C18H38INSi/c1-21(2,3)16-10-9-15-18(20-19)14-8-7-13-17-11-5-4-6-12-17/h17-18,20H,4-16H2,1-3H3. The third-order valence-electron chi connectivity index (χ3n) is 5.02. The van der Waals surface area contributed by atoms with Gasteiger partial charge in [0.15, 0.2) is 0 Å². The zero-order chi connectivity index (χ0) is 15.6. The van der Waals surface area contributed by atoms with Gasteiger partial charge in [-0.05, 0) is 18.8 Å². The van der Waals surface area contributed by atoms with Crippen LogP contribution >= 0.6 is 22.9 Å². The predicted octanol–water partition coefficient (Wildman–Crippen LogP) is 6.94. The molecule has 1 nitrogen and oxygen atoms in total. The lowest BCUT2D eigenvalue weighted by atomic mass is 9.85. The summed E-state index contributed by atoms with van der Waals surface area (Å²) in [7, 11) is -0.812. The van der Waals surface area contributed by atoms with Gasteiger partial charge in [0.05, 0.1) is 0 Å². The van der Waals surface area contributed by atoms with E-state index in [2.05, 4.69) is 46.0 Å². The number of hydrogen-bond acceptors (Lipinski definition) is 1. The summed E-state index contributed by atoms with van der Waals surface area (Å²) in [6.07, 6.45) is 17.6. The van der Waals surface area contributed by atoms with Crippen LogP contribution in [0.3, 0.4) is 0 Å². The first-order valence-corrected chi connectivity index (χ1v) is 14.2. The van der Waals surface area contributed by atoms with E-state index >= 15 is 0 Å². The molecular weight excluding hydrogens is 385 g/mol. The Labute approximate surface area is 148 Å². The average molecular weight is 423 g/mol. The maximum atomic E-state index is 3.52. The van der Waals surface area contributed by atoms with E-state index in [9.17, 15) is 0 Å². The fourth-order valence-electron chi connectivity index (χ4n) is 3.60. The van der Waals surface area contributed by atoms with Crippen molar-refractivity contribution in [2.24, 2.45) is 5.92 Å². The summed E-state index contributed by atoms with van der Waals surface area (Å²) < 4.78 is 3.52. The minimum absolute atomic E-state index is 0.763. The normalized spacial score (nSPS) is 18.9. The number of rotatable bonds is 11. The molecule has 0 saturated heterocycles. The van der Waals surface area contributed by atoms with E-state index < -0.39 is 8.07 Å². The molecule has 0 amide bonds. The van der Waals surface area contributed by atoms with Gasteiger partial charge >= 0.3 is 0 Å². The van der Waals surface area contributed by atoms with Crippen molar-refractivity contribution in [3.63, 3.8) is 0 Å². The van der Waals surface area contributed by atoms with Crippen molar-refractivity contribution in [3.05, 3.63) is 0 Å². The molecule has 1 fully saturated rings. The van der Waals surface area contributed by atoms with Crippen molar-refractivity contribution in [3.8, 4) is 0 Å². The highest BCUT2D eigenvalue weighted by Gasteiger charge is 2.14. The molecule has 0 aromatic rings. The number of unbranched alkanes of at least 4 members (excludes halogenated alkanes) is 2. The first-order chi connectivity index (χ1) is 10.0. The fraction of sp³-hybridized carbons (Fsp3) is 1.00. The molecule has 1 rings (SSSR count). The van der Waals surface area contributed by atoms with Crippen LogP contribution in [0.25, 0.3) is 0 Å². The van der Waals surface area contributed by atoms with Crippen LogP contribution in [0.15, 0.2) is 0 Å². The molecule has 0 aromatic carbocycles. The van der Waals surface area contributed by atoms with E-state index in [1.807, 2.05) is 0 Å². The number of hydrogen-bond donors (Lipinski definition) is 1. The Kier molecular flexibility index (Phi) is 10.9. The molecule has 1 N–H and O–H groups in total. The van der Waals surface area contributed by atoms with Gasteiger partial charge in [-0.3, -0.25) is 3.53 Å². The molecule has 1 saturated carbocycles. The van der Waals surface area contributed by atoms with Crippen LogP contribution < -0.4 is 3.53 Å². The second-order valence-electron chi connectivity index (χ2n) is 8.40. The Balaban J connectivity index is 1.99. The van der Waals surface area contributed by atoms with E-state index in [1.54, 1.807) is 0 Å². The van der Waals surface area contributed by atoms with Crippen LogP contribution in [0.1, 0.15) is 77.0 Å². The summed E-state index contributed by atoms with van der Waals surface area (Å²) in [6.45, 7) is 7.48. The van der Waals surface area contributed by atoms with Gasteiger partial charge in [-0.25, -0.2) is 0 Å². The highest BCUT2D eigenvalue weighted by molar-refractivity contribution is 14.1. The SMILES string of the molecule is C[Si](C)(C)CCCCC(CCCCC1CCCCC1)NI. The molecule has 1 aliphatic rings. The molecule has 21 heavy (non-hydrogen) atoms. The van der Waals surface area contributed by atoms with Gasteiger partial charge in [0, 0.05) is 37.0 Å². The second kappa shape index (κ2) is 11.4. The Morgan fingerprint density at radius 3 is 2.14 bits per heavy atom. The maximum absolute atomic E-state index is 3.52. The summed E-state index contributed by atoms with van der Waals surface area (Å²) in [5.41, 5.74) is 0. The topological polar surface area (TPSA) is 12.0 Å². The molecule has 0 heterocycles. The lowest BCUT2D eigenvalue weighted by Crippen LogP contribution is -2.21. The lowest BCUT2D eigenvalue weighted by molar-refractivity contribution is 0.326. The molecule has 0 radical (unpaired) electrons. The summed E-state index contributed by atoms with van der Waals surface area (Å²) in [5.74, 6) is 1.07. The van der Waals surface area contributed by atoms with E-state index in [1.165, 1.54) is 83.1 Å². The molecular formula is C18H38INSi. The molecule has 1 atom stereocenters. The minimum atomic E-state index is -0.812. The van der Waals surface area contributed by atoms with Gasteiger partial charge in [0.25, 0.3) is 0 Å². The molecule has 1 unspecified atom stereocenters. The molecule has 0 aromatic heterocycles. The van der Waals surface area contributed by atoms with Gasteiger partial charge in [-0.1, -0.05) is 89.9 Å². The van der Waals surface area contributed by atoms with Gasteiger partial charge < -0.3 is 0 Å².